The Morgan fingerprint density at radius 1 is 1.20 bits per heavy atom. The molecule has 1 saturated carbocycles. The zero-order chi connectivity index (χ0) is 21.3. The van der Waals surface area contributed by atoms with Gasteiger partial charge in [0.25, 0.3) is 5.91 Å². The summed E-state index contributed by atoms with van der Waals surface area (Å²) in [4.78, 5) is 34.7. The molecule has 1 fully saturated rings. The maximum absolute atomic E-state index is 12.0. The quantitative estimate of drug-likeness (QED) is 0.529. The smallest absolute Gasteiger partial charge is 0.252 e. The predicted molar refractivity (Wildman–Crippen MR) is 117 cm³/mol. The molecule has 154 valence electrons. The second-order valence-corrected chi connectivity index (χ2v) is 7.68. The number of benzene rings is 1. The highest BCUT2D eigenvalue weighted by Gasteiger charge is 2.31. The van der Waals surface area contributed by atoms with Crippen LogP contribution < -0.4 is 21.7 Å². The molecule has 2 amide bonds. The van der Waals surface area contributed by atoms with Crippen molar-refractivity contribution < 1.29 is 9.59 Å². The van der Waals surface area contributed by atoms with Crippen LogP contribution in [0.15, 0.2) is 48.7 Å². The number of anilines is 3. The van der Waals surface area contributed by atoms with Gasteiger partial charge in [0.05, 0.1) is 23.0 Å². The van der Waals surface area contributed by atoms with Gasteiger partial charge in [0.15, 0.2) is 0 Å². The van der Waals surface area contributed by atoms with Gasteiger partial charge in [0.2, 0.25) is 5.91 Å². The van der Waals surface area contributed by atoms with Gasteiger partial charge >= 0.3 is 0 Å². The van der Waals surface area contributed by atoms with Crippen LogP contribution in [0.25, 0.3) is 10.9 Å². The van der Waals surface area contributed by atoms with Gasteiger partial charge in [0.1, 0.15) is 17.7 Å². The molecule has 1 aliphatic rings. The summed E-state index contributed by atoms with van der Waals surface area (Å²) in [7, 11) is 1.78. The summed E-state index contributed by atoms with van der Waals surface area (Å²) in [6, 6.07) is 12.5. The van der Waals surface area contributed by atoms with Crippen molar-refractivity contribution >= 4 is 40.0 Å². The van der Waals surface area contributed by atoms with Crippen molar-refractivity contribution in [3.8, 4) is 0 Å². The standard InChI is InChI=1S/C22H24N6O2/c1-28(18(21(24)30)10-13-6-7-13)19-9-8-16(20(23)29)22(27-19)26-15-11-14-4-2-3-5-17(14)25-12-15/h2-5,8-9,11-13,18H,6-7,10H2,1H3,(H2,23,29)(H2,24,30)(H,26,27). The first-order valence-electron chi connectivity index (χ1n) is 9.87. The van der Waals surface area contributed by atoms with E-state index in [-0.39, 0.29) is 5.56 Å². The molecule has 30 heavy (non-hydrogen) atoms. The Morgan fingerprint density at radius 3 is 2.67 bits per heavy atom. The Morgan fingerprint density at radius 2 is 1.97 bits per heavy atom. The Balaban J connectivity index is 1.66. The molecular formula is C22H24N6O2. The number of nitrogens with two attached hydrogens (primary N) is 2. The summed E-state index contributed by atoms with van der Waals surface area (Å²) < 4.78 is 0. The fourth-order valence-corrected chi connectivity index (χ4v) is 3.51. The number of fused-ring (bicyclic) bond motifs is 1. The van der Waals surface area contributed by atoms with E-state index in [0.29, 0.717) is 29.7 Å². The number of carbonyl (C=O) groups is 2. The van der Waals surface area contributed by atoms with Crippen LogP contribution in [0.3, 0.4) is 0 Å². The van der Waals surface area contributed by atoms with Crippen molar-refractivity contribution in [2.45, 2.75) is 25.3 Å². The van der Waals surface area contributed by atoms with E-state index >= 15 is 0 Å². The number of rotatable bonds is 8. The zero-order valence-corrected chi connectivity index (χ0v) is 16.7. The number of amides is 2. The second-order valence-electron chi connectivity index (χ2n) is 7.68. The summed E-state index contributed by atoms with van der Waals surface area (Å²) in [6.45, 7) is 0. The molecule has 2 aromatic heterocycles. The number of nitrogens with zero attached hydrogens (tertiary/aromatic N) is 3. The van der Waals surface area contributed by atoms with Crippen LogP contribution in [-0.2, 0) is 4.79 Å². The fourth-order valence-electron chi connectivity index (χ4n) is 3.51. The highest BCUT2D eigenvalue weighted by atomic mass is 16.1. The molecule has 0 aliphatic heterocycles. The van der Waals surface area contributed by atoms with E-state index in [1.165, 1.54) is 0 Å². The lowest BCUT2D eigenvalue weighted by Crippen LogP contribution is -2.43. The van der Waals surface area contributed by atoms with Gasteiger partial charge in [-0.2, -0.15) is 0 Å². The molecule has 2 heterocycles. The second kappa shape index (κ2) is 7.98. The minimum absolute atomic E-state index is 0.248. The van der Waals surface area contributed by atoms with Gasteiger partial charge in [-0.25, -0.2) is 4.98 Å². The van der Waals surface area contributed by atoms with Crippen LogP contribution in [0.5, 0.6) is 0 Å². The highest BCUT2D eigenvalue weighted by Crippen LogP contribution is 2.35. The normalized spacial score (nSPS) is 14.3. The van der Waals surface area contributed by atoms with Crippen molar-refractivity contribution in [3.05, 3.63) is 54.2 Å². The van der Waals surface area contributed by atoms with Gasteiger partial charge in [-0.05, 0) is 36.6 Å². The van der Waals surface area contributed by atoms with Crippen molar-refractivity contribution in [2.24, 2.45) is 17.4 Å². The van der Waals surface area contributed by atoms with Gasteiger partial charge in [-0.3, -0.25) is 14.6 Å². The van der Waals surface area contributed by atoms with Crippen LogP contribution in [0, 0.1) is 5.92 Å². The van der Waals surface area contributed by atoms with E-state index in [0.717, 1.165) is 23.7 Å². The summed E-state index contributed by atoms with van der Waals surface area (Å²) in [6.07, 6.45) is 4.60. The number of primary amides is 2. The van der Waals surface area contributed by atoms with E-state index in [1.54, 1.807) is 30.3 Å². The zero-order valence-electron chi connectivity index (χ0n) is 16.7. The average molecular weight is 404 g/mol. The Hall–Kier alpha value is -3.68. The van der Waals surface area contributed by atoms with E-state index in [1.807, 2.05) is 30.3 Å². The molecule has 1 unspecified atom stereocenters. The first-order chi connectivity index (χ1) is 14.4. The summed E-state index contributed by atoms with van der Waals surface area (Å²) in [5, 5.41) is 4.10. The lowest BCUT2D eigenvalue weighted by atomic mass is 10.1. The lowest BCUT2D eigenvalue weighted by Gasteiger charge is -2.27. The molecule has 0 spiro atoms. The Kier molecular flexibility index (Phi) is 5.22. The maximum atomic E-state index is 12.0. The number of aromatic nitrogens is 2. The van der Waals surface area contributed by atoms with E-state index < -0.39 is 17.9 Å². The molecule has 3 aromatic rings. The fraction of sp³-hybridized carbons (Fsp3) is 0.273. The van der Waals surface area contributed by atoms with Crippen LogP contribution >= 0.6 is 0 Å². The van der Waals surface area contributed by atoms with Gasteiger partial charge < -0.3 is 21.7 Å². The van der Waals surface area contributed by atoms with Gasteiger partial charge in [-0.1, -0.05) is 31.0 Å². The molecule has 8 nitrogen and oxygen atoms in total. The van der Waals surface area contributed by atoms with Crippen molar-refractivity contribution in [1.29, 1.82) is 0 Å². The van der Waals surface area contributed by atoms with Crippen LogP contribution in [0.1, 0.15) is 29.6 Å². The number of hydrogen-bond acceptors (Lipinski definition) is 6. The van der Waals surface area contributed by atoms with Crippen molar-refractivity contribution in [3.63, 3.8) is 0 Å². The molecule has 1 aromatic carbocycles. The highest BCUT2D eigenvalue weighted by molar-refractivity contribution is 5.99. The SMILES string of the molecule is CN(c1ccc(C(N)=O)c(Nc2cnc3ccccc3c2)n1)C(CC1CC1)C(N)=O. The summed E-state index contributed by atoms with van der Waals surface area (Å²) >= 11 is 0. The third-order valence-electron chi connectivity index (χ3n) is 5.41. The van der Waals surface area contributed by atoms with Crippen LogP contribution in [-0.4, -0.2) is 34.9 Å². The predicted octanol–water partition coefficient (Wildman–Crippen LogP) is 2.56. The molecule has 0 bridgehead atoms. The third-order valence-corrected chi connectivity index (χ3v) is 5.41. The number of hydrogen-bond donors (Lipinski definition) is 3. The van der Waals surface area contributed by atoms with E-state index in [2.05, 4.69) is 15.3 Å². The number of likely N-dealkylation sites (N-methyl/N-ethyl adjacent to an activating group) is 1. The molecule has 1 aliphatic carbocycles. The number of para-hydroxylation sites is 1. The third kappa shape index (κ3) is 4.17. The molecule has 0 radical (unpaired) electrons. The number of carbonyl (C=O) groups excluding carboxylic acids is 2. The van der Waals surface area contributed by atoms with Crippen LogP contribution in [0.4, 0.5) is 17.3 Å². The van der Waals surface area contributed by atoms with Gasteiger partial charge in [0, 0.05) is 12.4 Å². The molecule has 0 saturated heterocycles. The van der Waals surface area contributed by atoms with E-state index in [9.17, 15) is 9.59 Å². The Bertz CT molecular complexity index is 1110. The topological polar surface area (TPSA) is 127 Å². The first-order valence-corrected chi connectivity index (χ1v) is 9.87. The summed E-state index contributed by atoms with van der Waals surface area (Å²) in [5.41, 5.74) is 13.0. The van der Waals surface area contributed by atoms with E-state index in [4.69, 9.17) is 11.5 Å². The van der Waals surface area contributed by atoms with Crippen molar-refractivity contribution in [2.75, 3.05) is 17.3 Å². The largest absolute Gasteiger partial charge is 0.368 e. The minimum atomic E-state index is -0.600. The lowest BCUT2D eigenvalue weighted by molar-refractivity contribution is -0.119. The molecule has 5 N–H and O–H groups in total. The molecular weight excluding hydrogens is 380 g/mol. The van der Waals surface area contributed by atoms with Crippen molar-refractivity contribution in [1.82, 2.24) is 9.97 Å². The first kappa shape index (κ1) is 19.6. The average Bonchev–Trinajstić information content (AvgIpc) is 3.55. The molecule has 4 rings (SSSR count). The van der Waals surface area contributed by atoms with Gasteiger partial charge in [-0.15, -0.1) is 0 Å². The minimum Gasteiger partial charge on any atom is -0.368 e. The number of pyridine rings is 2. The van der Waals surface area contributed by atoms with Crippen LogP contribution in [0.2, 0.25) is 0 Å². The Labute approximate surface area is 174 Å². The molecule has 8 heteroatoms. The molecule has 1 atom stereocenters. The summed E-state index contributed by atoms with van der Waals surface area (Å²) in [5.74, 6) is 0.367. The monoisotopic (exact) mass is 404 g/mol. The maximum Gasteiger partial charge on any atom is 0.252 e. The number of nitrogens with one attached hydrogen (secondary N) is 1.